The van der Waals surface area contributed by atoms with Crippen LogP contribution in [0.5, 0.6) is 0 Å². The minimum Gasteiger partial charge on any atom is -0.401 e. The van der Waals surface area contributed by atoms with E-state index in [9.17, 15) is 4.79 Å². The zero-order valence-electron chi connectivity index (χ0n) is 12.4. The van der Waals surface area contributed by atoms with Gasteiger partial charge in [-0.2, -0.15) is 0 Å². The van der Waals surface area contributed by atoms with Crippen LogP contribution in [-0.4, -0.2) is 14.5 Å². The highest BCUT2D eigenvalue weighted by Gasteiger charge is 2.17. The fraction of sp³-hybridized carbons (Fsp3) is 0. The highest BCUT2D eigenvalue weighted by atomic mass is 79.9. The molecular weight excluding hydrogens is 473 g/mol. The summed E-state index contributed by atoms with van der Waals surface area (Å²) in [7, 11) is 0. The van der Waals surface area contributed by atoms with E-state index in [1.54, 1.807) is 47.3 Å². The van der Waals surface area contributed by atoms with E-state index in [2.05, 4.69) is 41.8 Å². The molecule has 0 spiro atoms. The topological polar surface area (TPSA) is 60.9 Å². The summed E-state index contributed by atoms with van der Waals surface area (Å²) < 4.78 is 8.61. The molecule has 4 aromatic rings. The van der Waals surface area contributed by atoms with Gasteiger partial charge < -0.3 is 4.42 Å². The van der Waals surface area contributed by atoms with Gasteiger partial charge in [0.15, 0.2) is 5.82 Å². The number of aromatic nitrogens is 3. The monoisotopic (exact) mass is 479 g/mol. The van der Waals surface area contributed by atoms with Gasteiger partial charge in [0.2, 0.25) is 5.89 Å². The second-order valence-corrected chi connectivity index (χ2v) is 7.34. The van der Waals surface area contributed by atoms with Gasteiger partial charge >= 0.3 is 5.63 Å². The molecule has 0 unspecified atom stereocenters. The number of benzene rings is 1. The average Bonchev–Trinajstić information content (AvgIpc) is 2.96. The fourth-order valence-electron chi connectivity index (χ4n) is 2.51. The van der Waals surface area contributed by atoms with Crippen LogP contribution in [0.1, 0.15) is 0 Å². The van der Waals surface area contributed by atoms with Gasteiger partial charge in [0.25, 0.3) is 0 Å². The average molecular weight is 482 g/mol. The van der Waals surface area contributed by atoms with Crippen molar-refractivity contribution in [1.82, 2.24) is 14.5 Å². The largest absolute Gasteiger partial charge is 0.401 e. The van der Waals surface area contributed by atoms with Crippen molar-refractivity contribution in [3.8, 4) is 17.4 Å². The van der Waals surface area contributed by atoms with E-state index >= 15 is 0 Å². The van der Waals surface area contributed by atoms with Gasteiger partial charge in [-0.05, 0) is 62.2 Å². The molecule has 8 heteroatoms. The molecule has 0 atom stereocenters. The molecule has 0 bridgehead atoms. The van der Waals surface area contributed by atoms with Crippen LogP contribution in [0.4, 0.5) is 0 Å². The summed E-state index contributed by atoms with van der Waals surface area (Å²) in [6.07, 6.45) is 3.43. The highest BCUT2D eigenvalue weighted by molar-refractivity contribution is 9.11. The maximum atomic E-state index is 12.4. The molecule has 0 amide bonds. The third-order valence-electron chi connectivity index (χ3n) is 3.58. The van der Waals surface area contributed by atoms with Gasteiger partial charge in [-0.15, -0.1) is 0 Å². The normalized spacial score (nSPS) is 11.2. The molecule has 0 N–H and O–H groups in total. The molecule has 0 fully saturated rings. The first kappa shape index (κ1) is 16.5. The summed E-state index contributed by atoms with van der Waals surface area (Å²) >= 11 is 13.0. The van der Waals surface area contributed by atoms with E-state index in [-0.39, 0.29) is 5.89 Å². The van der Waals surface area contributed by atoms with Crippen LogP contribution in [0.25, 0.3) is 28.3 Å². The Morgan fingerprint density at radius 1 is 1.16 bits per heavy atom. The van der Waals surface area contributed by atoms with Gasteiger partial charge in [0, 0.05) is 21.3 Å². The van der Waals surface area contributed by atoms with Gasteiger partial charge in [-0.1, -0.05) is 17.7 Å². The van der Waals surface area contributed by atoms with Crippen LogP contribution in [0.2, 0.25) is 5.02 Å². The van der Waals surface area contributed by atoms with Crippen LogP contribution >= 0.6 is 43.5 Å². The second-order valence-electron chi connectivity index (χ2n) is 5.16. The SMILES string of the molecule is O=c1oc(-c2cc(Br)cn2-c2ncccc2Cl)nc2cccc(Br)c12. The smallest absolute Gasteiger partial charge is 0.348 e. The number of hydrogen-bond donors (Lipinski definition) is 0. The molecule has 0 aliphatic heterocycles. The number of nitrogens with zero attached hydrogens (tertiary/aromatic N) is 3. The number of hydrogen-bond acceptors (Lipinski definition) is 4. The van der Waals surface area contributed by atoms with Crippen LogP contribution < -0.4 is 5.63 Å². The lowest BCUT2D eigenvalue weighted by atomic mass is 10.2. The summed E-state index contributed by atoms with van der Waals surface area (Å²) in [4.78, 5) is 21.2. The molecule has 4 rings (SSSR count). The van der Waals surface area contributed by atoms with Gasteiger partial charge in [0.05, 0.1) is 10.5 Å². The van der Waals surface area contributed by atoms with Crippen molar-refractivity contribution in [3.05, 3.63) is 73.2 Å². The van der Waals surface area contributed by atoms with E-state index in [1.165, 1.54) is 0 Å². The van der Waals surface area contributed by atoms with Gasteiger partial charge in [-0.3, -0.25) is 4.57 Å². The number of rotatable bonds is 2. The van der Waals surface area contributed by atoms with Gasteiger partial charge in [-0.25, -0.2) is 14.8 Å². The summed E-state index contributed by atoms with van der Waals surface area (Å²) in [6, 6.07) is 10.6. The predicted octanol–water partition coefficient (Wildman–Crippen LogP) is 5.22. The van der Waals surface area contributed by atoms with E-state index in [4.69, 9.17) is 16.0 Å². The Balaban J connectivity index is 1.99. The second kappa shape index (κ2) is 6.40. The first-order valence-electron chi connectivity index (χ1n) is 7.13. The summed E-state index contributed by atoms with van der Waals surface area (Å²) in [5.74, 6) is 0.701. The van der Waals surface area contributed by atoms with Crippen molar-refractivity contribution in [2.24, 2.45) is 0 Å². The Kier molecular flexibility index (Phi) is 4.23. The number of pyridine rings is 1. The quantitative estimate of drug-likeness (QED) is 0.394. The lowest BCUT2D eigenvalue weighted by molar-refractivity contribution is 0.514. The van der Waals surface area contributed by atoms with Crippen LogP contribution in [0.15, 0.2) is 66.9 Å². The van der Waals surface area contributed by atoms with Crippen molar-refractivity contribution in [3.63, 3.8) is 0 Å². The molecule has 0 aliphatic carbocycles. The van der Waals surface area contributed by atoms with Crippen molar-refractivity contribution in [2.75, 3.05) is 0 Å². The van der Waals surface area contributed by atoms with Crippen molar-refractivity contribution >= 4 is 54.4 Å². The summed E-state index contributed by atoms with van der Waals surface area (Å²) in [6.45, 7) is 0. The third-order valence-corrected chi connectivity index (χ3v) is 4.97. The minimum absolute atomic E-state index is 0.183. The third kappa shape index (κ3) is 2.92. The maximum Gasteiger partial charge on any atom is 0.348 e. The van der Waals surface area contributed by atoms with E-state index < -0.39 is 5.63 Å². The summed E-state index contributed by atoms with van der Waals surface area (Å²) in [5, 5.41) is 0.872. The number of halogens is 3. The number of fused-ring (bicyclic) bond motifs is 1. The molecule has 0 saturated carbocycles. The molecule has 1 aromatic carbocycles. The highest BCUT2D eigenvalue weighted by Crippen LogP contribution is 2.30. The van der Waals surface area contributed by atoms with Crippen LogP contribution in [-0.2, 0) is 0 Å². The van der Waals surface area contributed by atoms with E-state index in [0.717, 1.165) is 4.47 Å². The van der Waals surface area contributed by atoms with Crippen molar-refractivity contribution in [2.45, 2.75) is 0 Å². The first-order chi connectivity index (χ1) is 12.0. The lowest BCUT2D eigenvalue weighted by Gasteiger charge is -2.09. The molecule has 0 saturated heterocycles. The van der Waals surface area contributed by atoms with E-state index in [0.29, 0.717) is 31.9 Å². The van der Waals surface area contributed by atoms with Crippen LogP contribution in [0, 0.1) is 0 Å². The Bertz CT molecular complexity index is 1170. The lowest BCUT2D eigenvalue weighted by Crippen LogP contribution is -2.06. The predicted molar refractivity (Wildman–Crippen MR) is 103 cm³/mol. The van der Waals surface area contributed by atoms with Gasteiger partial charge in [0.1, 0.15) is 11.1 Å². The molecule has 25 heavy (non-hydrogen) atoms. The zero-order chi connectivity index (χ0) is 17.6. The molecule has 5 nitrogen and oxygen atoms in total. The molecule has 0 radical (unpaired) electrons. The van der Waals surface area contributed by atoms with Crippen molar-refractivity contribution in [1.29, 1.82) is 0 Å². The molecule has 3 heterocycles. The first-order valence-corrected chi connectivity index (χ1v) is 9.09. The van der Waals surface area contributed by atoms with Crippen molar-refractivity contribution < 1.29 is 4.42 Å². The zero-order valence-corrected chi connectivity index (χ0v) is 16.3. The Labute approximate surface area is 163 Å². The standard InChI is InChI=1S/C17H8Br2ClN3O2/c18-9-7-13(23(8-9)15-11(20)4-2-6-21-15)16-22-12-5-1-3-10(19)14(12)17(24)25-16/h1-8H. The molecule has 0 aliphatic rings. The molecule has 124 valence electrons. The fourth-order valence-corrected chi connectivity index (χ4v) is 3.67. The van der Waals surface area contributed by atoms with E-state index in [1.807, 2.05) is 6.07 Å². The minimum atomic E-state index is -0.469. The summed E-state index contributed by atoms with van der Waals surface area (Å²) in [5.41, 5.74) is 0.631. The molecule has 3 aromatic heterocycles. The van der Waals surface area contributed by atoms with Crippen LogP contribution in [0.3, 0.4) is 0 Å². The Hall–Kier alpha value is -1.96. The maximum absolute atomic E-state index is 12.4. The molecular formula is C17H8Br2ClN3O2. The Morgan fingerprint density at radius 3 is 2.80 bits per heavy atom. The Morgan fingerprint density at radius 2 is 2.00 bits per heavy atom.